The van der Waals surface area contributed by atoms with E-state index in [1.165, 1.54) is 47.0 Å². The molecule has 38 heavy (non-hydrogen) atoms. The van der Waals surface area contributed by atoms with Crippen molar-refractivity contribution in [3.05, 3.63) is 45.8 Å². The zero-order valence-corrected chi connectivity index (χ0v) is 23.6. The molecule has 1 aromatic carbocycles. The van der Waals surface area contributed by atoms with E-state index in [1.807, 2.05) is 13.8 Å². The number of rotatable bonds is 6. The third kappa shape index (κ3) is 5.71. The van der Waals surface area contributed by atoms with E-state index < -0.39 is 28.0 Å². The summed E-state index contributed by atoms with van der Waals surface area (Å²) in [5.41, 5.74) is 1.26. The highest BCUT2D eigenvalue weighted by Crippen LogP contribution is 2.38. The van der Waals surface area contributed by atoms with Crippen LogP contribution in [0.3, 0.4) is 0 Å². The average Bonchev–Trinajstić information content (AvgIpc) is 3.24. The number of hydrogen-bond donors (Lipinski definition) is 1. The Bertz CT molecular complexity index is 1310. The van der Waals surface area contributed by atoms with Gasteiger partial charge in [-0.25, -0.2) is 18.0 Å². The molecular formula is C26H33N3O7S2. The summed E-state index contributed by atoms with van der Waals surface area (Å²) in [6.07, 6.45) is 0.983. The van der Waals surface area contributed by atoms with E-state index in [1.54, 1.807) is 11.8 Å². The van der Waals surface area contributed by atoms with Gasteiger partial charge in [0.1, 0.15) is 5.00 Å². The van der Waals surface area contributed by atoms with E-state index in [0.717, 1.165) is 16.9 Å². The number of fused-ring (bicyclic) bond motifs is 1. The van der Waals surface area contributed by atoms with Crippen molar-refractivity contribution >= 4 is 44.3 Å². The number of methoxy groups -OCH3 is 1. The quantitative estimate of drug-likeness (QED) is 0.528. The molecule has 0 aliphatic carbocycles. The Kier molecular flexibility index (Phi) is 8.43. The lowest BCUT2D eigenvalue weighted by Crippen LogP contribution is -2.42. The Morgan fingerprint density at radius 2 is 1.76 bits per heavy atom. The number of thiophene rings is 1. The van der Waals surface area contributed by atoms with Crippen molar-refractivity contribution in [1.82, 2.24) is 9.21 Å². The van der Waals surface area contributed by atoms with Gasteiger partial charge in [-0.2, -0.15) is 4.31 Å². The normalized spacial score (nSPS) is 19.9. The predicted octanol–water partition coefficient (Wildman–Crippen LogP) is 3.97. The van der Waals surface area contributed by atoms with E-state index in [2.05, 4.69) is 5.32 Å². The molecule has 2 amide bonds. The van der Waals surface area contributed by atoms with E-state index in [0.29, 0.717) is 31.1 Å². The van der Waals surface area contributed by atoms with Crippen LogP contribution in [-0.4, -0.2) is 68.9 Å². The molecule has 206 valence electrons. The summed E-state index contributed by atoms with van der Waals surface area (Å²) in [7, 11) is -2.40. The first kappa shape index (κ1) is 28.1. The summed E-state index contributed by atoms with van der Waals surface area (Å²) in [5.74, 6) is -0.499. The molecule has 0 radical (unpaired) electrons. The summed E-state index contributed by atoms with van der Waals surface area (Å²) in [6, 6.07) is 5.80. The van der Waals surface area contributed by atoms with Crippen molar-refractivity contribution in [3.8, 4) is 0 Å². The van der Waals surface area contributed by atoms with E-state index >= 15 is 0 Å². The molecule has 12 heteroatoms. The molecule has 10 nitrogen and oxygen atoms in total. The lowest BCUT2D eigenvalue weighted by molar-refractivity contribution is 0.0600. The number of ether oxygens (including phenoxy) is 2. The van der Waals surface area contributed by atoms with Gasteiger partial charge in [-0.3, -0.25) is 4.79 Å². The number of piperidine rings is 1. The highest BCUT2D eigenvalue weighted by molar-refractivity contribution is 7.89. The molecule has 0 bridgehead atoms. The molecule has 1 N–H and O–H groups in total. The lowest BCUT2D eigenvalue weighted by Gasteiger charge is -2.34. The molecule has 2 aromatic rings. The van der Waals surface area contributed by atoms with Crippen molar-refractivity contribution in [2.75, 3.05) is 38.7 Å². The van der Waals surface area contributed by atoms with Crippen LogP contribution in [0.5, 0.6) is 0 Å². The zero-order valence-electron chi connectivity index (χ0n) is 22.0. The third-order valence-corrected chi connectivity index (χ3v) is 9.77. The Labute approximate surface area is 226 Å². The van der Waals surface area contributed by atoms with Gasteiger partial charge in [-0.1, -0.05) is 13.8 Å². The number of anilines is 1. The fourth-order valence-electron chi connectivity index (χ4n) is 5.08. The first-order valence-electron chi connectivity index (χ1n) is 12.6. The molecule has 4 rings (SSSR count). The molecule has 0 saturated carbocycles. The largest absolute Gasteiger partial charge is 0.465 e. The smallest absolute Gasteiger partial charge is 0.410 e. The maximum atomic E-state index is 13.2. The maximum absolute atomic E-state index is 13.2. The molecular weight excluding hydrogens is 530 g/mol. The van der Waals surface area contributed by atoms with Gasteiger partial charge < -0.3 is 19.7 Å². The van der Waals surface area contributed by atoms with Gasteiger partial charge in [0, 0.05) is 30.1 Å². The third-order valence-electron chi connectivity index (χ3n) is 6.79. The Balaban J connectivity index is 1.54. The van der Waals surface area contributed by atoms with E-state index in [9.17, 15) is 22.8 Å². The van der Waals surface area contributed by atoms with Gasteiger partial charge in [-0.15, -0.1) is 11.3 Å². The second kappa shape index (κ2) is 11.4. The Morgan fingerprint density at radius 3 is 2.37 bits per heavy atom. The number of amides is 2. The fraction of sp³-hybridized carbons (Fsp3) is 0.500. The molecule has 2 aliphatic heterocycles. The molecule has 1 fully saturated rings. The van der Waals surface area contributed by atoms with Gasteiger partial charge >= 0.3 is 12.1 Å². The maximum Gasteiger partial charge on any atom is 0.410 e. The van der Waals surface area contributed by atoms with Gasteiger partial charge in [0.15, 0.2) is 0 Å². The standard InChI is InChI=1S/C26H33N3O7S2/c1-5-36-26(32)28-11-10-20-21(15-28)37-24(22(20)25(31)35-4)27-23(30)18-6-8-19(9-7-18)38(33,34)29-13-16(2)12-17(3)14-29/h6-9,16-17H,5,10-15H2,1-4H3,(H,27,30). The number of benzene rings is 1. The minimum atomic E-state index is -3.67. The topological polar surface area (TPSA) is 122 Å². The van der Waals surface area contributed by atoms with Gasteiger partial charge in [0.2, 0.25) is 10.0 Å². The number of sulfonamides is 1. The van der Waals surface area contributed by atoms with Crippen LogP contribution >= 0.6 is 11.3 Å². The molecule has 1 aromatic heterocycles. The van der Waals surface area contributed by atoms with E-state index in [4.69, 9.17) is 9.47 Å². The highest BCUT2D eigenvalue weighted by Gasteiger charge is 2.33. The average molecular weight is 564 g/mol. The number of carbonyl (C=O) groups excluding carboxylic acids is 3. The second-order valence-electron chi connectivity index (χ2n) is 9.82. The first-order chi connectivity index (χ1) is 18.0. The first-order valence-corrected chi connectivity index (χ1v) is 14.9. The van der Waals surface area contributed by atoms with Crippen LogP contribution in [0.15, 0.2) is 29.2 Å². The molecule has 1 saturated heterocycles. The fourth-order valence-corrected chi connectivity index (χ4v) is 8.01. The number of carbonyl (C=O) groups is 3. The van der Waals surface area contributed by atoms with Crippen molar-refractivity contribution in [2.45, 2.75) is 45.1 Å². The SMILES string of the molecule is CCOC(=O)N1CCc2c(sc(NC(=O)c3ccc(S(=O)(=O)N4CC(C)CC(C)C4)cc3)c2C(=O)OC)C1. The van der Waals surface area contributed by atoms with Crippen LogP contribution in [0.2, 0.25) is 0 Å². The molecule has 3 heterocycles. The summed E-state index contributed by atoms with van der Waals surface area (Å²) >= 11 is 1.21. The van der Waals surface area contributed by atoms with Crippen molar-refractivity contribution in [3.63, 3.8) is 0 Å². The highest BCUT2D eigenvalue weighted by atomic mass is 32.2. The Morgan fingerprint density at radius 1 is 1.11 bits per heavy atom. The number of hydrogen-bond acceptors (Lipinski definition) is 8. The molecule has 2 aliphatic rings. The van der Waals surface area contributed by atoms with Crippen LogP contribution in [0, 0.1) is 11.8 Å². The van der Waals surface area contributed by atoms with Crippen LogP contribution in [-0.2, 0) is 32.5 Å². The van der Waals surface area contributed by atoms with Crippen molar-refractivity contribution in [1.29, 1.82) is 0 Å². The van der Waals surface area contributed by atoms with Crippen LogP contribution in [0.4, 0.5) is 9.80 Å². The molecule has 2 atom stereocenters. The number of nitrogens with one attached hydrogen (secondary N) is 1. The minimum Gasteiger partial charge on any atom is -0.465 e. The molecule has 2 unspecified atom stereocenters. The zero-order chi connectivity index (χ0) is 27.6. The van der Waals surface area contributed by atoms with Crippen molar-refractivity contribution < 1.29 is 32.3 Å². The van der Waals surface area contributed by atoms with Gasteiger partial charge in [0.25, 0.3) is 5.91 Å². The van der Waals surface area contributed by atoms with Crippen LogP contribution < -0.4 is 5.32 Å². The van der Waals surface area contributed by atoms with Crippen LogP contribution in [0.25, 0.3) is 0 Å². The van der Waals surface area contributed by atoms with Gasteiger partial charge in [-0.05, 0) is 61.4 Å². The van der Waals surface area contributed by atoms with E-state index in [-0.39, 0.29) is 41.0 Å². The number of esters is 1. The monoisotopic (exact) mass is 563 g/mol. The summed E-state index contributed by atoms with van der Waals surface area (Å²) in [4.78, 5) is 40.4. The molecule has 0 spiro atoms. The summed E-state index contributed by atoms with van der Waals surface area (Å²) < 4.78 is 37.9. The van der Waals surface area contributed by atoms with Gasteiger partial charge in [0.05, 0.1) is 30.7 Å². The van der Waals surface area contributed by atoms with Crippen molar-refractivity contribution in [2.24, 2.45) is 11.8 Å². The summed E-state index contributed by atoms with van der Waals surface area (Å²) in [5, 5.41) is 3.11. The summed E-state index contributed by atoms with van der Waals surface area (Å²) in [6.45, 7) is 7.68. The van der Waals surface area contributed by atoms with Crippen LogP contribution in [0.1, 0.15) is 58.3 Å². The second-order valence-corrected chi connectivity index (χ2v) is 12.9. The number of nitrogens with zero attached hydrogens (tertiary/aromatic N) is 2. The predicted molar refractivity (Wildman–Crippen MR) is 143 cm³/mol. The minimum absolute atomic E-state index is 0.135. The Hall–Kier alpha value is -2.96. The lowest BCUT2D eigenvalue weighted by atomic mass is 9.94.